The molecule has 0 bridgehead atoms. The number of anilines is 4. The van der Waals surface area contributed by atoms with Crippen LogP contribution in [-0.2, 0) is 40.3 Å². The van der Waals surface area contributed by atoms with Crippen molar-refractivity contribution in [1.82, 2.24) is 0 Å². The molecule has 426 valence electrons. The molecular weight excluding hydrogens is 1270 g/mol. The number of carbonyl (C=O) groups is 3. The number of nitro benzene ring substituents is 1. The maximum atomic E-state index is 13.9. The Bertz CT molecular complexity index is 4720. The molecule has 1 aliphatic heterocycles. The zero-order valence-corrected chi connectivity index (χ0v) is 61.1. The first-order chi connectivity index (χ1) is 38.0. The Kier molecular flexibility index (Phi) is 25.4. The molecule has 6 N–H and O–H groups in total. The second-order valence-electron chi connectivity index (χ2n) is 18.4. The minimum atomic E-state index is -5.57. The minimum absolute atomic E-state index is 0. The smallest absolute Gasteiger partial charge is 0.744 e. The van der Waals surface area contributed by atoms with Crippen LogP contribution in [-0.4, -0.2) is 75.8 Å². The van der Waals surface area contributed by atoms with E-state index in [9.17, 15) is 92.8 Å². The van der Waals surface area contributed by atoms with Gasteiger partial charge in [0, 0.05) is 51.2 Å². The summed E-state index contributed by atoms with van der Waals surface area (Å²) < 4.78 is 145. The van der Waals surface area contributed by atoms with Gasteiger partial charge in [0.1, 0.15) is 52.2 Å². The predicted molar refractivity (Wildman–Crippen MR) is 279 cm³/mol. The van der Waals surface area contributed by atoms with Crippen molar-refractivity contribution in [2.24, 2.45) is 0 Å². The van der Waals surface area contributed by atoms with Gasteiger partial charge in [0.25, 0.3) is 25.7 Å². The number of nitrogens with zero attached hydrogens (tertiary/aromatic N) is 1. The van der Waals surface area contributed by atoms with E-state index in [2.05, 4.69) is 25.8 Å². The molecule has 2 aliphatic rings. The maximum absolute atomic E-state index is 13.9. The average Bonchev–Trinajstić information content (AvgIpc) is 0.773. The quantitative estimate of drug-likeness (QED) is 0.0131. The number of aromatic hydroxyl groups is 2. The minimum Gasteiger partial charge on any atom is -0.744 e. The van der Waals surface area contributed by atoms with Gasteiger partial charge in [-0.1, -0.05) is 40.9 Å². The van der Waals surface area contributed by atoms with E-state index in [1.54, 1.807) is 6.92 Å². The van der Waals surface area contributed by atoms with E-state index in [-0.39, 0.29) is 237 Å². The van der Waals surface area contributed by atoms with Crippen molar-refractivity contribution in [3.8, 4) is 33.9 Å². The molecule has 0 fully saturated rings. The van der Waals surface area contributed by atoms with Gasteiger partial charge in [0.15, 0.2) is 0 Å². The van der Waals surface area contributed by atoms with Gasteiger partial charge in [-0.2, -0.15) is 12.1 Å². The molecule has 6 aromatic rings. The molecule has 26 nitrogen and oxygen atoms in total. The predicted octanol–water partition coefficient (Wildman–Crippen LogP) is -13.2. The van der Waals surface area contributed by atoms with Crippen LogP contribution in [0.4, 0.5) is 34.1 Å². The first kappa shape index (κ1) is 76.8. The number of rotatable bonds is 16. The number of aromatic carboxylic acids is 3. The third kappa shape index (κ3) is 15.7. The summed E-state index contributed by atoms with van der Waals surface area (Å²) in [6.07, 6.45) is 0. The molecule has 0 amide bonds. The van der Waals surface area contributed by atoms with Crippen LogP contribution in [0.15, 0.2) is 109 Å². The number of aryl methyl sites for hydroxylation is 4. The fraction of sp³-hybridized carbons (Fsp3) is 0.115. The van der Waals surface area contributed by atoms with Crippen LogP contribution in [0, 0.1) is 57.7 Å². The van der Waals surface area contributed by atoms with Gasteiger partial charge < -0.3 is 58.8 Å². The molecule has 87 heavy (non-hydrogen) atoms. The van der Waals surface area contributed by atoms with Crippen molar-refractivity contribution in [1.29, 1.82) is 0 Å². The van der Waals surface area contributed by atoms with Crippen molar-refractivity contribution in [3.63, 3.8) is 0 Å². The Balaban J connectivity index is 0.00000396. The van der Waals surface area contributed by atoms with Gasteiger partial charge in [-0.25, -0.2) is 38.7 Å². The van der Waals surface area contributed by atoms with E-state index >= 15 is 0 Å². The first-order valence-corrected chi connectivity index (χ1v) is 28.9. The van der Waals surface area contributed by atoms with Crippen LogP contribution in [0.2, 0.25) is 0 Å². The number of hydrogen-bond acceptors (Lipinski definition) is 22. The third-order valence-electron chi connectivity index (χ3n) is 13.0. The first-order valence-electron chi connectivity index (χ1n) is 23.2. The number of hydrogen-bond donors (Lipinski definition) is 6. The van der Waals surface area contributed by atoms with Crippen molar-refractivity contribution in [2.75, 3.05) is 14.8 Å². The Morgan fingerprint density at radius 2 is 1.09 bits per heavy atom. The monoisotopic (exact) mass is 1310 g/mol. The summed E-state index contributed by atoms with van der Waals surface area (Å²) in [6.45, 7) is 8.85. The van der Waals surface area contributed by atoms with E-state index in [1.807, 2.05) is 0 Å². The summed E-state index contributed by atoms with van der Waals surface area (Å²) in [5.41, 5.74) is -4.00. The molecule has 1 heterocycles. The number of benzene rings is 7. The SMILES string of the molecule is Cc1cc(C)c(NS(=O)(=O)c2cc([N+](=O)[O-])cc(C(=O)[O-])c2O)c(C)c1Nc1[c-]cc2c(-c3ccccc3S(=O)(=O)[O-])c3cc(S(=O)(=O)[O-])c(=[NH+]c4c(C)cc(C)c(NS(=O)(=O)c5cc(C(=O)[O-])cc(C(=O)[O-])c5O)c4C)cc-3oc2c1.[Na+].[Na+].[Na+].[Na+].[Na+]. The number of non-ortho nitro benzene ring substituents is 1. The van der Waals surface area contributed by atoms with Gasteiger partial charge >= 0.3 is 148 Å². The summed E-state index contributed by atoms with van der Waals surface area (Å²) in [5, 5.41) is 70.8. The van der Waals surface area contributed by atoms with Crippen molar-refractivity contribution < 1.29 is 245 Å². The van der Waals surface area contributed by atoms with Gasteiger partial charge in [0.2, 0.25) is 11.0 Å². The number of carbonyl (C=O) groups excluding carboxylic acids is 3. The van der Waals surface area contributed by atoms with Gasteiger partial charge in [-0.15, -0.1) is 6.07 Å². The van der Waals surface area contributed by atoms with Crippen molar-refractivity contribution in [3.05, 3.63) is 157 Å². The average molecular weight is 1310 g/mol. The van der Waals surface area contributed by atoms with E-state index in [0.717, 1.165) is 18.2 Å². The Morgan fingerprint density at radius 1 is 0.586 bits per heavy atom. The van der Waals surface area contributed by atoms with Crippen LogP contribution in [0.5, 0.6) is 11.5 Å². The molecule has 6 aromatic carbocycles. The van der Waals surface area contributed by atoms with E-state index in [4.69, 9.17) is 4.42 Å². The summed E-state index contributed by atoms with van der Waals surface area (Å²) in [7, 11) is -21.0. The van der Waals surface area contributed by atoms with Crippen LogP contribution in [0.1, 0.15) is 64.5 Å². The number of carboxylic acid groups (broad SMARTS) is 3. The Morgan fingerprint density at radius 3 is 1.62 bits per heavy atom. The molecule has 1 aliphatic carbocycles. The molecule has 0 saturated carbocycles. The molecule has 0 spiro atoms. The Hall–Kier alpha value is -4.46. The van der Waals surface area contributed by atoms with Gasteiger partial charge in [0.05, 0.1) is 45.2 Å². The number of nitro groups is 1. The van der Waals surface area contributed by atoms with Crippen molar-refractivity contribution in [2.45, 2.75) is 61.1 Å². The summed E-state index contributed by atoms with van der Waals surface area (Å²) >= 11 is 0. The molecule has 0 unspecified atom stereocenters. The fourth-order valence-electron chi connectivity index (χ4n) is 9.28. The second kappa shape index (κ2) is 28.8. The van der Waals surface area contributed by atoms with Crippen LogP contribution in [0.3, 0.4) is 0 Å². The number of fused-ring (bicyclic) bond motifs is 2. The van der Waals surface area contributed by atoms with Crippen LogP contribution in [0.25, 0.3) is 33.4 Å². The molecule has 35 heteroatoms. The van der Waals surface area contributed by atoms with Crippen molar-refractivity contribution >= 4 is 103 Å². The fourth-order valence-corrected chi connectivity index (χ4v) is 13.3. The van der Waals surface area contributed by atoms with Gasteiger partial charge in [-0.3, -0.25) is 19.6 Å². The summed E-state index contributed by atoms with van der Waals surface area (Å²) in [4.78, 5) is 44.5. The maximum Gasteiger partial charge on any atom is 1.00 e. The van der Waals surface area contributed by atoms with Gasteiger partial charge in [-0.05, 0) is 105 Å². The Labute approximate surface area is 606 Å². The zero-order chi connectivity index (χ0) is 60.6. The summed E-state index contributed by atoms with van der Waals surface area (Å²) in [6, 6.07) is 16.9. The van der Waals surface area contributed by atoms with E-state index in [1.165, 1.54) is 77.1 Å². The number of phenols is 2. The third-order valence-corrected chi connectivity index (χ3v) is 17.5. The molecule has 8 rings (SSSR count). The molecule has 0 atom stereocenters. The largest absolute Gasteiger partial charge is 1.00 e. The topological polar surface area (TPSA) is 450 Å². The summed E-state index contributed by atoms with van der Waals surface area (Å²) in [5.74, 6) is -9.26. The molecular formula is C52H38N5Na5O21S4. The second-order valence-corrected chi connectivity index (χ2v) is 24.4. The van der Waals surface area contributed by atoms with E-state index in [0.29, 0.717) is 29.8 Å². The van der Waals surface area contributed by atoms with Crippen LogP contribution < -0.4 is 188 Å². The molecule has 0 saturated heterocycles. The molecule has 0 radical (unpaired) electrons. The number of carboxylic acids is 3. The van der Waals surface area contributed by atoms with E-state index < -0.39 is 122 Å². The normalized spacial score (nSPS) is 11.7. The molecule has 0 aromatic heterocycles. The van der Waals surface area contributed by atoms with Crippen LogP contribution >= 0.6 is 0 Å². The number of sulfonamides is 2. The number of nitrogens with one attached hydrogen (secondary N) is 4. The zero-order valence-electron chi connectivity index (χ0n) is 47.8. The standard InChI is InChI=1S/C52H42N5O21S4.5Na/c1-22-13-24(3)46(56-80(70,71)42-19-30(57(66)67)18-35(49(42)59)52(64)65)26(5)44(22)53-29-11-12-31-37(17-29)78-38-21-36(40(82(75,76)77)20-33(38)43(31)32-9-7-8-10-39(32)81(72,73)74)54-45-23(2)14-25(4)47(27(45)6)55-79(68,69)41-16-28(50(60)61)15-34(48(41)58)51(62)63;;;;;/h7-10,12-21,53,55-56,58-59H,1-6H3,(H,60,61)(H,62,63)(H,64,65)(H,72,73,74)(H,75,76,77);;;;;/q-1;5*+1/p-4.